The van der Waals surface area contributed by atoms with E-state index < -0.39 is 23.3 Å². The van der Waals surface area contributed by atoms with E-state index in [9.17, 15) is 14.4 Å². The van der Waals surface area contributed by atoms with E-state index in [1.165, 1.54) is 0 Å². The van der Waals surface area contributed by atoms with Crippen molar-refractivity contribution in [3.05, 3.63) is 35.4 Å². The third-order valence-corrected chi connectivity index (χ3v) is 5.85. The quantitative estimate of drug-likeness (QED) is 0.789. The van der Waals surface area contributed by atoms with Gasteiger partial charge in [0, 0.05) is 16.7 Å². The van der Waals surface area contributed by atoms with Crippen LogP contribution >= 0.6 is 0 Å². The molecule has 0 radical (unpaired) electrons. The molecule has 1 aromatic rings. The van der Waals surface area contributed by atoms with E-state index in [-0.39, 0.29) is 23.6 Å². The predicted molar refractivity (Wildman–Crippen MR) is 99.5 cm³/mol. The minimum absolute atomic E-state index is 0.000622. The fraction of sp³-hybridized carbons (Fsp3) is 0.476. The lowest BCUT2D eigenvalue weighted by Gasteiger charge is -2.39. The fourth-order valence-electron chi connectivity index (χ4n) is 4.62. The van der Waals surface area contributed by atoms with E-state index in [0.29, 0.717) is 0 Å². The maximum Gasteiger partial charge on any atom is 0.233 e. The van der Waals surface area contributed by atoms with Crippen molar-refractivity contribution in [2.45, 2.75) is 46.7 Å². The molecule has 3 aliphatic heterocycles. The third-order valence-electron chi connectivity index (χ3n) is 5.85. The number of fused-ring (bicyclic) bond motifs is 5. The number of imide groups is 1. The molecule has 5 nitrogen and oxygen atoms in total. The van der Waals surface area contributed by atoms with E-state index in [2.05, 4.69) is 11.4 Å². The van der Waals surface area contributed by atoms with Crippen LogP contribution in [0.15, 0.2) is 24.3 Å². The van der Waals surface area contributed by atoms with Gasteiger partial charge in [-0.3, -0.25) is 19.7 Å². The van der Waals surface area contributed by atoms with E-state index in [0.717, 1.165) is 22.4 Å². The zero-order valence-corrected chi connectivity index (χ0v) is 15.8. The number of benzene rings is 1. The first kappa shape index (κ1) is 17.0. The highest BCUT2D eigenvalue weighted by molar-refractivity contribution is 6.12. The highest BCUT2D eigenvalue weighted by atomic mass is 16.2. The number of carbonyl (C=O) groups is 3. The molecule has 2 amide bonds. The lowest BCUT2D eigenvalue weighted by Crippen LogP contribution is -2.51. The summed E-state index contributed by atoms with van der Waals surface area (Å²) in [5, 5.41) is 2.45. The molecule has 26 heavy (non-hydrogen) atoms. The Balaban J connectivity index is 1.93. The molecule has 136 valence electrons. The average molecular weight is 352 g/mol. The first-order valence-corrected chi connectivity index (χ1v) is 9.08. The van der Waals surface area contributed by atoms with Crippen molar-refractivity contribution in [1.29, 1.82) is 0 Å². The molecule has 3 heterocycles. The van der Waals surface area contributed by atoms with Crippen LogP contribution in [0.2, 0.25) is 0 Å². The van der Waals surface area contributed by atoms with E-state index in [1.807, 2.05) is 57.7 Å². The first-order chi connectivity index (χ1) is 12.1. The Morgan fingerprint density at radius 3 is 2.38 bits per heavy atom. The maximum absolute atomic E-state index is 13.3. The molecule has 2 fully saturated rings. The maximum atomic E-state index is 13.3. The first-order valence-electron chi connectivity index (χ1n) is 9.08. The number of anilines is 1. The largest absolute Gasteiger partial charge is 0.353 e. The van der Waals surface area contributed by atoms with Gasteiger partial charge in [-0.2, -0.15) is 0 Å². The van der Waals surface area contributed by atoms with Gasteiger partial charge in [0.15, 0.2) is 5.78 Å². The van der Waals surface area contributed by atoms with Gasteiger partial charge in [0.05, 0.1) is 17.9 Å². The number of hydrogen-bond acceptors (Lipinski definition) is 4. The number of nitrogens with one attached hydrogen (secondary N) is 1. The average Bonchev–Trinajstić information content (AvgIpc) is 3.02. The number of allylic oxidation sites excluding steroid dienone is 1. The van der Waals surface area contributed by atoms with Crippen LogP contribution in [0.25, 0.3) is 5.57 Å². The van der Waals surface area contributed by atoms with Crippen LogP contribution in [0.3, 0.4) is 0 Å². The second kappa shape index (κ2) is 5.29. The minimum atomic E-state index is -0.629. The third kappa shape index (κ3) is 2.19. The highest BCUT2D eigenvalue weighted by Gasteiger charge is 2.62. The van der Waals surface area contributed by atoms with Crippen molar-refractivity contribution >= 4 is 28.9 Å². The molecule has 0 bridgehead atoms. The zero-order valence-electron chi connectivity index (χ0n) is 15.8. The molecule has 4 atom stereocenters. The van der Waals surface area contributed by atoms with Gasteiger partial charge >= 0.3 is 0 Å². The van der Waals surface area contributed by atoms with Gasteiger partial charge in [0.2, 0.25) is 11.8 Å². The lowest BCUT2D eigenvalue weighted by molar-refractivity contribution is -0.132. The summed E-state index contributed by atoms with van der Waals surface area (Å²) in [6.45, 7) is 9.67. The Morgan fingerprint density at radius 1 is 1.08 bits per heavy atom. The van der Waals surface area contributed by atoms with Gasteiger partial charge in [0.1, 0.15) is 6.04 Å². The zero-order chi connectivity index (χ0) is 19.0. The van der Waals surface area contributed by atoms with Crippen LogP contribution in [-0.4, -0.2) is 29.7 Å². The van der Waals surface area contributed by atoms with Crippen LogP contribution in [0.4, 0.5) is 5.69 Å². The smallest absolute Gasteiger partial charge is 0.233 e. The second-order valence-electron chi connectivity index (χ2n) is 8.73. The molecule has 5 heteroatoms. The van der Waals surface area contributed by atoms with Crippen LogP contribution in [-0.2, 0) is 14.4 Å². The van der Waals surface area contributed by atoms with Crippen molar-refractivity contribution in [2.75, 3.05) is 4.90 Å². The summed E-state index contributed by atoms with van der Waals surface area (Å²) in [4.78, 5) is 40.4. The van der Waals surface area contributed by atoms with Crippen molar-refractivity contribution < 1.29 is 14.4 Å². The SMILES string of the molecule is CC1=C[C@H]2[C@H]3C(=O)NC(=O)[C@@H]3[C@@H](C(=O)C(C)(C)C)N2c2ccc(C)cc21. The van der Waals surface area contributed by atoms with Crippen LogP contribution in [0.5, 0.6) is 0 Å². The molecule has 1 N–H and O–H groups in total. The van der Waals surface area contributed by atoms with E-state index in [1.54, 1.807) is 0 Å². The van der Waals surface area contributed by atoms with Crippen molar-refractivity contribution in [3.8, 4) is 0 Å². The molecule has 4 rings (SSSR count). The number of hydrogen-bond donors (Lipinski definition) is 1. The van der Waals surface area contributed by atoms with Gasteiger partial charge in [-0.05, 0) is 31.6 Å². The summed E-state index contributed by atoms with van der Waals surface area (Å²) < 4.78 is 0. The van der Waals surface area contributed by atoms with Gasteiger partial charge in [-0.25, -0.2) is 0 Å². The Hall–Kier alpha value is -2.43. The van der Waals surface area contributed by atoms with Gasteiger partial charge in [0.25, 0.3) is 0 Å². The molecule has 0 unspecified atom stereocenters. The Bertz CT molecular complexity index is 878. The molecular weight excluding hydrogens is 328 g/mol. The number of aryl methyl sites for hydroxylation is 1. The standard InChI is InChI=1S/C21H24N2O3/c1-10-6-7-13-12(8-10)11(2)9-14-15-16(20(26)22-19(15)25)17(23(13)14)18(24)21(3,4)5/h6-9,14-17H,1-5H3,(H,22,25,26)/t14-,15+,16-,17-/m0/s1. The number of amides is 2. The normalized spacial score (nSPS) is 29.7. The topological polar surface area (TPSA) is 66.5 Å². The number of carbonyl (C=O) groups excluding carboxylic acids is 3. The second-order valence-corrected chi connectivity index (χ2v) is 8.73. The van der Waals surface area contributed by atoms with Crippen LogP contribution in [0.1, 0.15) is 38.8 Å². The molecular formula is C21H24N2O3. The monoisotopic (exact) mass is 352 g/mol. The van der Waals surface area contributed by atoms with Gasteiger partial charge < -0.3 is 4.90 Å². The van der Waals surface area contributed by atoms with Crippen molar-refractivity contribution in [3.63, 3.8) is 0 Å². The summed E-state index contributed by atoms with van der Waals surface area (Å²) in [5.41, 5.74) is 3.64. The molecule has 0 aromatic heterocycles. The molecule has 0 saturated carbocycles. The van der Waals surface area contributed by atoms with Crippen LogP contribution in [0, 0.1) is 24.2 Å². The molecule has 1 aromatic carbocycles. The van der Waals surface area contributed by atoms with Gasteiger partial charge in [-0.15, -0.1) is 0 Å². The Labute approximate surface area is 153 Å². The summed E-state index contributed by atoms with van der Waals surface area (Å²) in [6.07, 6.45) is 2.05. The van der Waals surface area contributed by atoms with Crippen molar-refractivity contribution in [2.24, 2.45) is 17.3 Å². The number of nitrogens with zero attached hydrogens (tertiary/aromatic N) is 1. The van der Waals surface area contributed by atoms with E-state index >= 15 is 0 Å². The molecule has 0 aliphatic carbocycles. The Morgan fingerprint density at radius 2 is 1.73 bits per heavy atom. The van der Waals surface area contributed by atoms with Crippen LogP contribution < -0.4 is 10.2 Å². The highest BCUT2D eigenvalue weighted by Crippen LogP contribution is 2.49. The van der Waals surface area contributed by atoms with E-state index in [4.69, 9.17) is 0 Å². The number of rotatable bonds is 1. The molecule has 0 spiro atoms. The molecule has 2 saturated heterocycles. The minimum Gasteiger partial charge on any atom is -0.353 e. The summed E-state index contributed by atoms with van der Waals surface area (Å²) in [5.74, 6) is -1.73. The predicted octanol–water partition coefficient (Wildman–Crippen LogP) is 2.47. The number of ketones is 1. The summed E-state index contributed by atoms with van der Waals surface area (Å²) in [7, 11) is 0. The van der Waals surface area contributed by atoms with Crippen molar-refractivity contribution in [1.82, 2.24) is 5.32 Å². The lowest BCUT2D eigenvalue weighted by atomic mass is 9.79. The van der Waals surface area contributed by atoms with Gasteiger partial charge in [-0.1, -0.05) is 38.5 Å². The molecule has 3 aliphatic rings. The summed E-state index contributed by atoms with van der Waals surface area (Å²) >= 11 is 0. The Kier molecular flexibility index (Phi) is 3.46. The summed E-state index contributed by atoms with van der Waals surface area (Å²) in [6, 6.07) is 5.25. The number of Topliss-reactive ketones (excluding diaryl/α,β-unsaturated/α-hetero) is 1. The fourth-order valence-corrected chi connectivity index (χ4v) is 4.62.